The van der Waals surface area contributed by atoms with Crippen LogP contribution in [0.25, 0.3) is 0 Å². The molecular weight excluding hydrogens is 272 g/mol. The molecular formula is C15H20N2O2S. The molecule has 0 aliphatic heterocycles. The molecule has 1 unspecified atom stereocenters. The summed E-state index contributed by atoms with van der Waals surface area (Å²) >= 11 is 0. The lowest BCUT2D eigenvalue weighted by Crippen LogP contribution is -2.34. The molecule has 0 amide bonds. The van der Waals surface area contributed by atoms with Gasteiger partial charge in [-0.3, -0.25) is 0 Å². The average Bonchev–Trinajstić information content (AvgIpc) is 3.21. The molecule has 1 saturated carbocycles. The Morgan fingerprint density at radius 2 is 2.15 bits per heavy atom. The highest BCUT2D eigenvalue weighted by Gasteiger charge is 2.31. The second-order valence-corrected chi connectivity index (χ2v) is 6.92. The highest BCUT2D eigenvalue weighted by atomic mass is 32.2. The van der Waals surface area contributed by atoms with E-state index < -0.39 is 10.0 Å². The van der Waals surface area contributed by atoms with E-state index >= 15 is 0 Å². The number of benzene rings is 1. The molecule has 0 radical (unpaired) electrons. The second-order valence-electron chi connectivity index (χ2n) is 5.23. The molecule has 1 aromatic rings. The highest BCUT2D eigenvalue weighted by Crippen LogP contribution is 2.33. The van der Waals surface area contributed by atoms with E-state index in [1.165, 1.54) is 0 Å². The molecule has 20 heavy (non-hydrogen) atoms. The molecule has 5 heteroatoms. The first-order valence-corrected chi connectivity index (χ1v) is 8.24. The summed E-state index contributed by atoms with van der Waals surface area (Å²) in [6.45, 7) is 3.96. The summed E-state index contributed by atoms with van der Waals surface area (Å²) in [5, 5.41) is 0. The molecule has 0 spiro atoms. The Morgan fingerprint density at radius 1 is 1.45 bits per heavy atom. The molecule has 108 valence electrons. The maximum atomic E-state index is 12.4. The van der Waals surface area contributed by atoms with Crippen LogP contribution >= 0.6 is 0 Å². The first-order chi connectivity index (χ1) is 9.44. The summed E-state index contributed by atoms with van der Waals surface area (Å²) in [5.41, 5.74) is 6.72. The van der Waals surface area contributed by atoms with Crippen LogP contribution in [0.15, 0.2) is 23.1 Å². The van der Waals surface area contributed by atoms with E-state index in [-0.39, 0.29) is 12.6 Å². The Balaban J connectivity index is 2.29. The monoisotopic (exact) mass is 292 g/mol. The summed E-state index contributed by atoms with van der Waals surface area (Å²) in [6, 6.07) is 5.18. The molecule has 1 aliphatic carbocycles. The molecule has 2 rings (SSSR count). The SMILES string of the molecule is Cc1ccc(C#CCN)cc1S(=O)(=O)NC(C)C1CC1. The average molecular weight is 292 g/mol. The van der Waals surface area contributed by atoms with Crippen molar-refractivity contribution in [3.63, 3.8) is 0 Å². The summed E-state index contributed by atoms with van der Waals surface area (Å²) in [6.07, 6.45) is 2.20. The summed E-state index contributed by atoms with van der Waals surface area (Å²) in [7, 11) is -3.49. The Bertz CT molecular complexity index is 652. The van der Waals surface area contributed by atoms with Crippen molar-refractivity contribution in [2.24, 2.45) is 11.7 Å². The minimum absolute atomic E-state index is 0.0156. The summed E-state index contributed by atoms with van der Waals surface area (Å²) < 4.78 is 27.6. The van der Waals surface area contributed by atoms with Gasteiger partial charge in [0.1, 0.15) is 0 Å². The van der Waals surface area contributed by atoms with Crippen molar-refractivity contribution in [2.75, 3.05) is 6.54 Å². The summed E-state index contributed by atoms with van der Waals surface area (Å²) in [4.78, 5) is 0.300. The third-order valence-electron chi connectivity index (χ3n) is 3.48. The zero-order chi connectivity index (χ0) is 14.8. The van der Waals surface area contributed by atoms with E-state index in [0.717, 1.165) is 18.4 Å². The van der Waals surface area contributed by atoms with Gasteiger partial charge in [-0.05, 0) is 50.3 Å². The fraction of sp³-hybridized carbons (Fsp3) is 0.467. The zero-order valence-electron chi connectivity index (χ0n) is 11.8. The lowest BCUT2D eigenvalue weighted by Gasteiger charge is -2.15. The van der Waals surface area contributed by atoms with Crippen molar-refractivity contribution >= 4 is 10.0 Å². The third kappa shape index (κ3) is 3.60. The van der Waals surface area contributed by atoms with Crippen LogP contribution in [0.4, 0.5) is 0 Å². The van der Waals surface area contributed by atoms with Gasteiger partial charge in [0, 0.05) is 11.6 Å². The number of aryl methyl sites for hydroxylation is 1. The van der Waals surface area contributed by atoms with Crippen molar-refractivity contribution < 1.29 is 8.42 Å². The van der Waals surface area contributed by atoms with Gasteiger partial charge in [-0.15, -0.1) is 0 Å². The fourth-order valence-corrected chi connectivity index (χ4v) is 3.70. The van der Waals surface area contributed by atoms with Gasteiger partial charge in [0.2, 0.25) is 10.0 Å². The van der Waals surface area contributed by atoms with E-state index in [1.54, 1.807) is 25.1 Å². The molecule has 1 fully saturated rings. The quantitative estimate of drug-likeness (QED) is 0.824. The Labute approximate surface area is 120 Å². The van der Waals surface area contributed by atoms with Crippen molar-refractivity contribution in [3.05, 3.63) is 29.3 Å². The number of rotatable bonds is 4. The Morgan fingerprint density at radius 3 is 2.75 bits per heavy atom. The van der Waals surface area contributed by atoms with E-state index in [2.05, 4.69) is 16.6 Å². The molecule has 1 aliphatic rings. The van der Waals surface area contributed by atoms with Gasteiger partial charge in [-0.25, -0.2) is 13.1 Å². The van der Waals surface area contributed by atoms with Gasteiger partial charge < -0.3 is 5.73 Å². The number of hydrogen-bond acceptors (Lipinski definition) is 3. The maximum absolute atomic E-state index is 12.4. The first-order valence-electron chi connectivity index (χ1n) is 6.76. The third-order valence-corrected chi connectivity index (χ3v) is 5.18. The van der Waals surface area contributed by atoms with Crippen LogP contribution in [-0.2, 0) is 10.0 Å². The minimum Gasteiger partial charge on any atom is -0.320 e. The Hall–Kier alpha value is -1.35. The second kappa shape index (κ2) is 5.96. The van der Waals surface area contributed by atoms with Crippen LogP contribution in [0.2, 0.25) is 0 Å². The molecule has 0 heterocycles. The summed E-state index contributed by atoms with van der Waals surface area (Å²) in [5.74, 6) is 6.08. The smallest absolute Gasteiger partial charge is 0.241 e. The van der Waals surface area contributed by atoms with Crippen LogP contribution in [0.5, 0.6) is 0 Å². The molecule has 1 aromatic carbocycles. The van der Waals surface area contributed by atoms with Crippen molar-refractivity contribution in [2.45, 2.75) is 37.6 Å². The van der Waals surface area contributed by atoms with Crippen LogP contribution in [0.1, 0.15) is 30.9 Å². The number of nitrogens with one attached hydrogen (secondary N) is 1. The Kier molecular flexibility index (Phi) is 4.48. The van der Waals surface area contributed by atoms with E-state index in [1.807, 2.05) is 6.92 Å². The molecule has 0 bridgehead atoms. The maximum Gasteiger partial charge on any atom is 0.241 e. The van der Waals surface area contributed by atoms with E-state index in [0.29, 0.717) is 16.4 Å². The highest BCUT2D eigenvalue weighted by molar-refractivity contribution is 7.89. The first kappa shape index (κ1) is 15.0. The molecule has 0 saturated heterocycles. The lowest BCUT2D eigenvalue weighted by atomic mass is 10.1. The molecule has 4 nitrogen and oxygen atoms in total. The van der Waals surface area contributed by atoms with Crippen molar-refractivity contribution in [3.8, 4) is 11.8 Å². The predicted molar refractivity (Wildman–Crippen MR) is 79.6 cm³/mol. The van der Waals surface area contributed by atoms with E-state index in [9.17, 15) is 8.42 Å². The van der Waals surface area contributed by atoms with Crippen molar-refractivity contribution in [1.82, 2.24) is 4.72 Å². The number of hydrogen-bond donors (Lipinski definition) is 2. The van der Waals surface area contributed by atoms with Crippen LogP contribution in [-0.4, -0.2) is 21.0 Å². The van der Waals surface area contributed by atoms with Crippen LogP contribution in [0, 0.1) is 24.7 Å². The fourth-order valence-electron chi connectivity index (χ4n) is 2.12. The standard InChI is InChI=1S/C15H20N2O2S/c1-11-5-6-13(4-3-9-16)10-15(11)20(18,19)17-12(2)14-7-8-14/h5-6,10,12,14,17H,7-9,16H2,1-2H3. The minimum atomic E-state index is -3.49. The van der Waals surface area contributed by atoms with Gasteiger partial charge in [0.05, 0.1) is 11.4 Å². The van der Waals surface area contributed by atoms with Gasteiger partial charge in [0.25, 0.3) is 0 Å². The van der Waals surface area contributed by atoms with Crippen LogP contribution in [0.3, 0.4) is 0 Å². The van der Waals surface area contributed by atoms with Gasteiger partial charge in [0.15, 0.2) is 0 Å². The topological polar surface area (TPSA) is 72.2 Å². The van der Waals surface area contributed by atoms with Gasteiger partial charge >= 0.3 is 0 Å². The van der Waals surface area contributed by atoms with Crippen LogP contribution < -0.4 is 10.5 Å². The molecule has 1 atom stereocenters. The number of sulfonamides is 1. The number of nitrogens with two attached hydrogens (primary N) is 1. The molecule has 0 aromatic heterocycles. The van der Waals surface area contributed by atoms with E-state index in [4.69, 9.17) is 5.73 Å². The van der Waals surface area contributed by atoms with Gasteiger partial charge in [-0.2, -0.15) is 0 Å². The normalized spacial score (nSPS) is 16.4. The van der Waals surface area contributed by atoms with Gasteiger partial charge in [-0.1, -0.05) is 17.9 Å². The lowest BCUT2D eigenvalue weighted by molar-refractivity contribution is 0.537. The molecule has 3 N–H and O–H groups in total. The van der Waals surface area contributed by atoms with Crippen molar-refractivity contribution in [1.29, 1.82) is 0 Å². The zero-order valence-corrected chi connectivity index (χ0v) is 12.6. The predicted octanol–water partition coefficient (Wildman–Crippen LogP) is 1.38. The largest absolute Gasteiger partial charge is 0.320 e.